The Balaban J connectivity index is 1.73. The summed E-state index contributed by atoms with van der Waals surface area (Å²) in [7, 11) is 0. The summed E-state index contributed by atoms with van der Waals surface area (Å²) in [5.41, 5.74) is 7.07. The first-order chi connectivity index (χ1) is 9.52. The molecule has 2 aliphatic carbocycles. The van der Waals surface area contributed by atoms with Crippen LogP contribution in [0.2, 0.25) is 5.02 Å². The average molecular weight is 295 g/mol. The zero-order chi connectivity index (χ0) is 14.3. The first-order valence-corrected chi connectivity index (χ1v) is 7.61. The highest BCUT2D eigenvalue weighted by atomic mass is 35.5. The lowest BCUT2D eigenvalue weighted by atomic mass is 9.83. The lowest BCUT2D eigenvalue weighted by Crippen LogP contribution is -2.19. The molecule has 0 heterocycles. The Labute approximate surface area is 123 Å². The SMILES string of the molecule is NC(CC1CC2CCC1C2)c1cc(Cl)cc([N+](=O)[O-])c1. The molecule has 2 bridgehead atoms. The molecule has 0 aliphatic heterocycles. The van der Waals surface area contributed by atoms with Gasteiger partial charge in [-0.2, -0.15) is 0 Å². The summed E-state index contributed by atoms with van der Waals surface area (Å²) in [6, 6.07) is 4.53. The molecule has 5 heteroatoms. The van der Waals surface area contributed by atoms with E-state index in [1.54, 1.807) is 12.1 Å². The molecule has 2 N–H and O–H groups in total. The summed E-state index contributed by atoms with van der Waals surface area (Å²) in [5.74, 6) is 2.40. The molecule has 4 atom stereocenters. The van der Waals surface area contributed by atoms with Gasteiger partial charge in [0.15, 0.2) is 0 Å². The van der Waals surface area contributed by atoms with Crippen LogP contribution in [0.4, 0.5) is 5.69 Å². The number of nitro benzene ring substituents is 1. The Bertz CT molecular complexity index is 535. The van der Waals surface area contributed by atoms with Crippen molar-refractivity contribution in [2.24, 2.45) is 23.5 Å². The van der Waals surface area contributed by atoms with Crippen molar-refractivity contribution in [3.63, 3.8) is 0 Å². The van der Waals surface area contributed by atoms with Crippen LogP contribution in [0.1, 0.15) is 43.7 Å². The maximum atomic E-state index is 10.9. The number of hydrogen-bond acceptors (Lipinski definition) is 3. The van der Waals surface area contributed by atoms with Gasteiger partial charge in [0, 0.05) is 23.2 Å². The third kappa shape index (κ3) is 2.67. The number of non-ortho nitro benzene ring substituents is 1. The second-order valence-electron chi connectivity index (χ2n) is 6.28. The summed E-state index contributed by atoms with van der Waals surface area (Å²) in [4.78, 5) is 10.5. The van der Waals surface area contributed by atoms with Gasteiger partial charge in [0.1, 0.15) is 0 Å². The molecular weight excluding hydrogens is 276 g/mol. The van der Waals surface area contributed by atoms with Gasteiger partial charge in [0.25, 0.3) is 5.69 Å². The van der Waals surface area contributed by atoms with Gasteiger partial charge in [-0.05, 0) is 55.1 Å². The van der Waals surface area contributed by atoms with Gasteiger partial charge in [0.2, 0.25) is 0 Å². The zero-order valence-electron chi connectivity index (χ0n) is 11.3. The summed E-state index contributed by atoms with van der Waals surface area (Å²) in [6.45, 7) is 0. The van der Waals surface area contributed by atoms with Crippen LogP contribution < -0.4 is 5.73 Å². The highest BCUT2D eigenvalue weighted by Gasteiger charge is 2.39. The van der Waals surface area contributed by atoms with E-state index in [-0.39, 0.29) is 11.7 Å². The van der Waals surface area contributed by atoms with Gasteiger partial charge in [-0.25, -0.2) is 0 Å². The number of fused-ring (bicyclic) bond motifs is 2. The highest BCUT2D eigenvalue weighted by Crippen LogP contribution is 2.50. The van der Waals surface area contributed by atoms with E-state index in [0.717, 1.165) is 23.8 Å². The number of benzene rings is 1. The van der Waals surface area contributed by atoms with Crippen molar-refractivity contribution in [2.45, 2.75) is 38.1 Å². The van der Waals surface area contributed by atoms with E-state index in [1.807, 2.05) is 0 Å². The Kier molecular flexibility index (Phi) is 3.69. The maximum absolute atomic E-state index is 10.9. The normalized spacial score (nSPS) is 29.6. The molecule has 0 aromatic heterocycles. The van der Waals surface area contributed by atoms with E-state index in [2.05, 4.69) is 0 Å². The van der Waals surface area contributed by atoms with E-state index < -0.39 is 4.92 Å². The average Bonchev–Trinajstić information content (AvgIpc) is 3.00. The fourth-order valence-electron chi connectivity index (χ4n) is 4.04. The van der Waals surface area contributed by atoms with Crippen LogP contribution in [0.25, 0.3) is 0 Å². The van der Waals surface area contributed by atoms with E-state index >= 15 is 0 Å². The van der Waals surface area contributed by atoms with E-state index in [4.69, 9.17) is 17.3 Å². The molecule has 4 unspecified atom stereocenters. The van der Waals surface area contributed by atoms with Crippen LogP contribution in [0, 0.1) is 27.9 Å². The minimum Gasteiger partial charge on any atom is -0.324 e. The van der Waals surface area contributed by atoms with E-state index in [9.17, 15) is 10.1 Å². The van der Waals surface area contributed by atoms with Crippen LogP contribution in [0.3, 0.4) is 0 Å². The minimum atomic E-state index is -0.417. The number of halogens is 1. The molecule has 20 heavy (non-hydrogen) atoms. The van der Waals surface area contributed by atoms with Crippen LogP contribution in [0.5, 0.6) is 0 Å². The molecule has 0 radical (unpaired) electrons. The third-order valence-corrected chi connectivity index (χ3v) is 5.20. The molecule has 3 rings (SSSR count). The maximum Gasteiger partial charge on any atom is 0.271 e. The molecular formula is C15H19ClN2O2. The van der Waals surface area contributed by atoms with Gasteiger partial charge in [-0.3, -0.25) is 10.1 Å². The van der Waals surface area contributed by atoms with Crippen LogP contribution >= 0.6 is 11.6 Å². The number of nitrogens with zero attached hydrogens (tertiary/aromatic N) is 1. The number of rotatable bonds is 4. The molecule has 2 saturated carbocycles. The predicted molar refractivity (Wildman–Crippen MR) is 78.6 cm³/mol. The van der Waals surface area contributed by atoms with Gasteiger partial charge in [-0.1, -0.05) is 18.0 Å². The van der Waals surface area contributed by atoms with E-state index in [1.165, 1.54) is 31.7 Å². The molecule has 2 aliphatic rings. The topological polar surface area (TPSA) is 69.2 Å². The Morgan fingerprint density at radius 2 is 2.15 bits per heavy atom. The van der Waals surface area contributed by atoms with Crippen molar-refractivity contribution in [3.8, 4) is 0 Å². The second-order valence-corrected chi connectivity index (χ2v) is 6.71. The molecule has 0 spiro atoms. The molecule has 1 aromatic rings. The van der Waals surface area contributed by atoms with Crippen LogP contribution in [-0.4, -0.2) is 4.92 Å². The number of nitro groups is 1. The largest absolute Gasteiger partial charge is 0.324 e. The van der Waals surface area contributed by atoms with Gasteiger partial charge < -0.3 is 5.73 Å². The standard InChI is InChI=1S/C15H19ClN2O2/c16-13-5-12(6-14(8-13)18(19)20)15(17)7-11-4-9-1-2-10(11)3-9/h5-6,8-11,15H,1-4,7,17H2. The summed E-state index contributed by atoms with van der Waals surface area (Å²) >= 11 is 5.96. The van der Waals surface area contributed by atoms with Crippen molar-refractivity contribution < 1.29 is 4.92 Å². The van der Waals surface area contributed by atoms with Crippen molar-refractivity contribution in [3.05, 3.63) is 38.9 Å². The second kappa shape index (κ2) is 5.34. The minimum absolute atomic E-state index is 0.0240. The lowest BCUT2D eigenvalue weighted by Gasteiger charge is -2.24. The van der Waals surface area contributed by atoms with Gasteiger partial charge in [-0.15, -0.1) is 0 Å². The smallest absolute Gasteiger partial charge is 0.271 e. The Morgan fingerprint density at radius 1 is 1.35 bits per heavy atom. The predicted octanol–water partition coefficient (Wildman–Crippen LogP) is 4.07. The van der Waals surface area contributed by atoms with Crippen molar-refractivity contribution in [2.75, 3.05) is 0 Å². The molecule has 4 nitrogen and oxygen atoms in total. The zero-order valence-corrected chi connectivity index (χ0v) is 12.1. The van der Waals surface area contributed by atoms with Crippen LogP contribution in [-0.2, 0) is 0 Å². The highest BCUT2D eigenvalue weighted by molar-refractivity contribution is 6.30. The Morgan fingerprint density at radius 3 is 2.75 bits per heavy atom. The van der Waals surface area contributed by atoms with Crippen molar-refractivity contribution >= 4 is 17.3 Å². The fraction of sp³-hybridized carbons (Fsp3) is 0.600. The fourth-order valence-corrected chi connectivity index (χ4v) is 4.28. The van der Waals surface area contributed by atoms with Crippen LogP contribution in [0.15, 0.2) is 18.2 Å². The van der Waals surface area contributed by atoms with Crippen molar-refractivity contribution in [1.29, 1.82) is 0 Å². The molecule has 108 valence electrons. The summed E-state index contributed by atoms with van der Waals surface area (Å²) in [6.07, 6.45) is 6.25. The summed E-state index contributed by atoms with van der Waals surface area (Å²) in [5, 5.41) is 11.3. The monoisotopic (exact) mass is 294 g/mol. The quantitative estimate of drug-likeness (QED) is 0.672. The molecule has 1 aromatic carbocycles. The lowest BCUT2D eigenvalue weighted by molar-refractivity contribution is -0.384. The third-order valence-electron chi connectivity index (χ3n) is 4.99. The van der Waals surface area contributed by atoms with Crippen molar-refractivity contribution in [1.82, 2.24) is 0 Å². The first kappa shape index (κ1) is 13.8. The van der Waals surface area contributed by atoms with Gasteiger partial charge in [0.05, 0.1) is 4.92 Å². The number of hydrogen-bond donors (Lipinski definition) is 1. The first-order valence-electron chi connectivity index (χ1n) is 7.23. The molecule has 2 fully saturated rings. The molecule has 0 saturated heterocycles. The van der Waals surface area contributed by atoms with Gasteiger partial charge >= 0.3 is 0 Å². The molecule has 0 amide bonds. The van der Waals surface area contributed by atoms with E-state index in [0.29, 0.717) is 10.9 Å². The number of nitrogens with two attached hydrogens (primary N) is 1. The summed E-state index contributed by atoms with van der Waals surface area (Å²) < 4.78 is 0. The Hall–Kier alpha value is -1.13.